The van der Waals surface area contributed by atoms with Gasteiger partial charge in [-0.2, -0.15) is 0 Å². The number of rotatable bonds is 6. The first kappa shape index (κ1) is 15.5. The van der Waals surface area contributed by atoms with Crippen LogP contribution in [0.15, 0.2) is 48.5 Å². The largest absolute Gasteiger partial charge is 0.294 e. The summed E-state index contributed by atoms with van der Waals surface area (Å²) in [6.45, 7) is 6.23. The molecule has 0 saturated carbocycles. The molecule has 21 heavy (non-hydrogen) atoms. The lowest BCUT2D eigenvalue weighted by Gasteiger charge is -2.09. The minimum Gasteiger partial charge on any atom is -0.294 e. The van der Waals surface area contributed by atoms with Crippen LogP contribution in [0.1, 0.15) is 49.5 Å². The van der Waals surface area contributed by atoms with Crippen LogP contribution in [0.2, 0.25) is 0 Å². The highest BCUT2D eigenvalue weighted by atomic mass is 16.1. The van der Waals surface area contributed by atoms with Crippen molar-refractivity contribution in [2.45, 2.75) is 40.0 Å². The van der Waals surface area contributed by atoms with Gasteiger partial charge in [0.1, 0.15) is 0 Å². The molecule has 1 atom stereocenters. The molecule has 0 N–H and O–H groups in total. The van der Waals surface area contributed by atoms with Crippen molar-refractivity contribution in [2.24, 2.45) is 5.92 Å². The normalized spacial score (nSPS) is 12.1. The van der Waals surface area contributed by atoms with E-state index < -0.39 is 0 Å². The molecule has 1 nitrogen and oxygen atoms in total. The average Bonchev–Trinajstić information content (AvgIpc) is 2.54. The molecule has 2 rings (SSSR count). The van der Waals surface area contributed by atoms with E-state index in [4.69, 9.17) is 0 Å². The molecule has 0 fully saturated rings. The predicted molar refractivity (Wildman–Crippen MR) is 89.7 cm³/mol. The molecule has 0 aliphatic rings. The lowest BCUT2D eigenvalue weighted by atomic mass is 9.95. The summed E-state index contributed by atoms with van der Waals surface area (Å²) < 4.78 is 0. The Kier molecular flexibility index (Phi) is 5.32. The minimum atomic E-state index is 0.101. The molecule has 1 unspecified atom stereocenters. The van der Waals surface area contributed by atoms with Gasteiger partial charge < -0.3 is 0 Å². The summed E-state index contributed by atoms with van der Waals surface area (Å²) >= 11 is 0. The molecule has 0 aromatic heterocycles. The van der Waals surface area contributed by atoms with Crippen molar-refractivity contribution in [3.05, 3.63) is 59.7 Å². The number of carbonyl (C=O) groups excluding carboxylic acids is 1. The topological polar surface area (TPSA) is 17.1 Å². The van der Waals surface area contributed by atoms with Crippen molar-refractivity contribution >= 4 is 5.78 Å². The molecule has 0 aliphatic carbocycles. The first-order chi connectivity index (χ1) is 10.2. The van der Waals surface area contributed by atoms with Crippen LogP contribution >= 0.6 is 0 Å². The Morgan fingerprint density at radius 3 is 1.90 bits per heavy atom. The second kappa shape index (κ2) is 7.21. The second-order valence-corrected chi connectivity index (χ2v) is 5.70. The lowest BCUT2D eigenvalue weighted by Crippen LogP contribution is -2.09. The fourth-order valence-corrected chi connectivity index (χ4v) is 2.45. The van der Waals surface area contributed by atoms with Gasteiger partial charge in [-0.15, -0.1) is 0 Å². The lowest BCUT2D eigenvalue weighted by molar-refractivity contribution is 0.0927. The highest BCUT2D eigenvalue weighted by Gasteiger charge is 2.12. The standard InChI is InChI=1S/C20H24O/c1-4-6-16-7-9-17(10-8-16)18-11-13-19(14-12-18)20(21)15(3)5-2/h7-15H,4-6H2,1-3H3. The molecule has 0 spiro atoms. The van der Waals surface area contributed by atoms with Crippen molar-refractivity contribution in [3.63, 3.8) is 0 Å². The van der Waals surface area contributed by atoms with Crippen LogP contribution in [0.25, 0.3) is 11.1 Å². The average molecular weight is 280 g/mol. The number of ketones is 1. The minimum absolute atomic E-state index is 0.101. The Hall–Kier alpha value is -1.89. The molecule has 0 saturated heterocycles. The molecule has 0 heterocycles. The molecule has 0 radical (unpaired) electrons. The van der Waals surface area contributed by atoms with E-state index in [1.54, 1.807) is 0 Å². The molecular formula is C20H24O. The smallest absolute Gasteiger partial charge is 0.165 e. The third kappa shape index (κ3) is 3.81. The van der Waals surface area contributed by atoms with E-state index in [2.05, 4.69) is 38.1 Å². The Bertz CT molecular complexity index is 578. The molecular weight excluding hydrogens is 256 g/mol. The van der Waals surface area contributed by atoms with Crippen molar-refractivity contribution in [3.8, 4) is 11.1 Å². The van der Waals surface area contributed by atoms with E-state index in [1.165, 1.54) is 23.1 Å². The van der Waals surface area contributed by atoms with Crippen LogP contribution in [0.3, 0.4) is 0 Å². The summed E-state index contributed by atoms with van der Waals surface area (Å²) in [5.41, 5.74) is 4.57. The number of aryl methyl sites for hydroxylation is 1. The van der Waals surface area contributed by atoms with Gasteiger partial charge in [0, 0.05) is 11.5 Å². The van der Waals surface area contributed by atoms with E-state index in [1.807, 2.05) is 31.2 Å². The molecule has 0 aliphatic heterocycles. The predicted octanol–water partition coefficient (Wildman–Crippen LogP) is 5.53. The SMILES string of the molecule is CCCc1ccc(-c2ccc(C(=O)C(C)CC)cc2)cc1. The molecule has 0 bridgehead atoms. The summed E-state index contributed by atoms with van der Waals surface area (Å²) in [6, 6.07) is 16.7. The summed E-state index contributed by atoms with van der Waals surface area (Å²) in [4.78, 5) is 12.1. The van der Waals surface area contributed by atoms with Gasteiger partial charge in [-0.05, 0) is 29.5 Å². The van der Waals surface area contributed by atoms with Gasteiger partial charge in [-0.3, -0.25) is 4.79 Å². The number of Topliss-reactive ketones (excluding diaryl/α,β-unsaturated/α-hetero) is 1. The first-order valence-electron chi connectivity index (χ1n) is 7.89. The Balaban J connectivity index is 2.16. The Morgan fingerprint density at radius 2 is 1.43 bits per heavy atom. The zero-order valence-corrected chi connectivity index (χ0v) is 13.2. The highest BCUT2D eigenvalue weighted by Crippen LogP contribution is 2.22. The van der Waals surface area contributed by atoms with Crippen LogP contribution < -0.4 is 0 Å². The van der Waals surface area contributed by atoms with E-state index in [-0.39, 0.29) is 11.7 Å². The van der Waals surface area contributed by atoms with Crippen molar-refractivity contribution < 1.29 is 4.79 Å². The van der Waals surface area contributed by atoms with Crippen LogP contribution in [0.5, 0.6) is 0 Å². The van der Waals surface area contributed by atoms with Crippen molar-refractivity contribution in [2.75, 3.05) is 0 Å². The summed E-state index contributed by atoms with van der Waals surface area (Å²) in [6.07, 6.45) is 3.19. The van der Waals surface area contributed by atoms with E-state index in [0.717, 1.165) is 18.4 Å². The molecule has 2 aromatic carbocycles. The number of carbonyl (C=O) groups is 1. The maximum Gasteiger partial charge on any atom is 0.165 e. The maximum absolute atomic E-state index is 12.1. The maximum atomic E-state index is 12.1. The number of hydrogen-bond donors (Lipinski definition) is 0. The second-order valence-electron chi connectivity index (χ2n) is 5.70. The summed E-state index contributed by atoms with van der Waals surface area (Å²) in [5.74, 6) is 0.339. The zero-order chi connectivity index (χ0) is 15.2. The van der Waals surface area contributed by atoms with Gasteiger partial charge in [0.15, 0.2) is 5.78 Å². The Morgan fingerprint density at radius 1 is 0.905 bits per heavy atom. The molecule has 1 heteroatoms. The fourth-order valence-electron chi connectivity index (χ4n) is 2.45. The van der Waals surface area contributed by atoms with Crippen LogP contribution in [0, 0.1) is 5.92 Å². The van der Waals surface area contributed by atoms with Gasteiger partial charge in [-0.1, -0.05) is 75.7 Å². The van der Waals surface area contributed by atoms with Crippen molar-refractivity contribution in [1.82, 2.24) is 0 Å². The van der Waals surface area contributed by atoms with Gasteiger partial charge in [-0.25, -0.2) is 0 Å². The van der Waals surface area contributed by atoms with Gasteiger partial charge in [0.2, 0.25) is 0 Å². The highest BCUT2D eigenvalue weighted by molar-refractivity contribution is 5.98. The monoisotopic (exact) mass is 280 g/mol. The van der Waals surface area contributed by atoms with Crippen LogP contribution in [-0.4, -0.2) is 5.78 Å². The third-order valence-electron chi connectivity index (χ3n) is 4.06. The van der Waals surface area contributed by atoms with Crippen LogP contribution in [-0.2, 0) is 6.42 Å². The van der Waals surface area contributed by atoms with E-state index >= 15 is 0 Å². The third-order valence-corrected chi connectivity index (χ3v) is 4.06. The number of hydrogen-bond acceptors (Lipinski definition) is 1. The van der Waals surface area contributed by atoms with Gasteiger partial charge >= 0.3 is 0 Å². The first-order valence-corrected chi connectivity index (χ1v) is 7.89. The number of benzene rings is 2. The van der Waals surface area contributed by atoms with E-state index in [0.29, 0.717) is 0 Å². The summed E-state index contributed by atoms with van der Waals surface area (Å²) in [7, 11) is 0. The Labute approximate surface area is 128 Å². The quantitative estimate of drug-likeness (QED) is 0.635. The zero-order valence-electron chi connectivity index (χ0n) is 13.2. The molecule has 110 valence electrons. The molecule has 2 aromatic rings. The molecule has 0 amide bonds. The van der Waals surface area contributed by atoms with Gasteiger partial charge in [0.25, 0.3) is 0 Å². The van der Waals surface area contributed by atoms with Crippen molar-refractivity contribution in [1.29, 1.82) is 0 Å². The fraction of sp³-hybridized carbons (Fsp3) is 0.350. The van der Waals surface area contributed by atoms with Gasteiger partial charge in [0.05, 0.1) is 0 Å². The van der Waals surface area contributed by atoms with E-state index in [9.17, 15) is 4.79 Å². The van der Waals surface area contributed by atoms with Crippen LogP contribution in [0.4, 0.5) is 0 Å². The summed E-state index contributed by atoms with van der Waals surface area (Å²) in [5, 5.41) is 0.